The molecule has 0 aliphatic carbocycles. The number of fused-ring (bicyclic) bond motifs is 1. The zero-order valence-corrected chi connectivity index (χ0v) is 10.0. The molecule has 2 heterocycles. The molecule has 7 nitrogen and oxygen atoms in total. The van der Waals surface area contributed by atoms with Crippen molar-refractivity contribution < 1.29 is 9.59 Å². The highest BCUT2D eigenvalue weighted by atomic mass is 16.2. The number of aromatic nitrogens is 4. The summed E-state index contributed by atoms with van der Waals surface area (Å²) in [5, 5.41) is 13.5. The largest absolute Gasteiger partial charge is 0.274 e. The van der Waals surface area contributed by atoms with Crippen molar-refractivity contribution in [3.05, 3.63) is 41.2 Å². The van der Waals surface area contributed by atoms with Crippen LogP contribution in [0.4, 0.5) is 0 Å². The van der Waals surface area contributed by atoms with Crippen LogP contribution < -0.4 is 0 Å². The Labute approximate surface area is 108 Å². The predicted octanol–water partition coefficient (Wildman–Crippen LogP) is 0.428. The minimum absolute atomic E-state index is 0.228. The quantitative estimate of drug-likeness (QED) is 0.802. The number of benzene rings is 1. The third-order valence-electron chi connectivity index (χ3n) is 3.05. The van der Waals surface area contributed by atoms with E-state index in [1.54, 1.807) is 24.3 Å². The number of amides is 2. The van der Waals surface area contributed by atoms with Gasteiger partial charge in [-0.1, -0.05) is 17.3 Å². The number of nitrogens with zero attached hydrogens (tertiary/aromatic N) is 4. The molecule has 0 unspecified atom stereocenters. The van der Waals surface area contributed by atoms with Crippen molar-refractivity contribution in [1.29, 1.82) is 0 Å². The maximum Gasteiger partial charge on any atom is 0.261 e. The van der Waals surface area contributed by atoms with E-state index in [1.165, 1.54) is 4.90 Å². The molecule has 1 aliphatic rings. The van der Waals surface area contributed by atoms with Crippen LogP contribution in [0.1, 0.15) is 33.0 Å². The highest BCUT2D eigenvalue weighted by Gasteiger charge is 2.34. The molecule has 96 valence electrons. The monoisotopic (exact) mass is 257 g/mol. The van der Waals surface area contributed by atoms with Gasteiger partial charge in [-0.25, -0.2) is 0 Å². The van der Waals surface area contributed by atoms with Gasteiger partial charge in [-0.2, -0.15) is 5.21 Å². The number of imide groups is 1. The molecule has 0 spiro atoms. The van der Waals surface area contributed by atoms with Gasteiger partial charge in [-0.15, -0.1) is 10.2 Å². The lowest BCUT2D eigenvalue weighted by Gasteiger charge is -2.12. The van der Waals surface area contributed by atoms with E-state index in [4.69, 9.17) is 0 Å². The molecule has 1 N–H and O–H groups in total. The van der Waals surface area contributed by atoms with E-state index in [9.17, 15) is 9.59 Å². The van der Waals surface area contributed by atoms with Crippen molar-refractivity contribution in [1.82, 2.24) is 25.5 Å². The smallest absolute Gasteiger partial charge is 0.261 e. The maximum absolute atomic E-state index is 12.1. The second kappa shape index (κ2) is 4.60. The van der Waals surface area contributed by atoms with Crippen LogP contribution in [0.25, 0.3) is 0 Å². The molecule has 2 amide bonds. The van der Waals surface area contributed by atoms with Gasteiger partial charge in [0, 0.05) is 13.0 Å². The Kier molecular flexibility index (Phi) is 2.79. The van der Waals surface area contributed by atoms with Gasteiger partial charge in [0.05, 0.1) is 11.1 Å². The number of hydrogen-bond donors (Lipinski definition) is 1. The van der Waals surface area contributed by atoms with Crippen molar-refractivity contribution in [3.63, 3.8) is 0 Å². The molecule has 3 rings (SSSR count). The number of aryl methyl sites for hydroxylation is 1. The van der Waals surface area contributed by atoms with E-state index in [1.807, 2.05) is 0 Å². The van der Waals surface area contributed by atoms with Crippen LogP contribution in [0.2, 0.25) is 0 Å². The van der Waals surface area contributed by atoms with Gasteiger partial charge in [0.25, 0.3) is 11.8 Å². The lowest BCUT2D eigenvalue weighted by molar-refractivity contribution is 0.0652. The number of aromatic amines is 1. The maximum atomic E-state index is 12.1. The second-order valence-electron chi connectivity index (χ2n) is 4.24. The fourth-order valence-corrected chi connectivity index (χ4v) is 2.13. The van der Waals surface area contributed by atoms with Crippen molar-refractivity contribution in [2.75, 3.05) is 6.54 Å². The SMILES string of the molecule is O=C1c2ccccc2C(=O)N1CCCc1nn[nH]n1. The third kappa shape index (κ3) is 1.99. The molecule has 0 bridgehead atoms. The Morgan fingerprint density at radius 3 is 2.37 bits per heavy atom. The van der Waals surface area contributed by atoms with Crippen LogP contribution in [-0.4, -0.2) is 43.9 Å². The Bertz CT molecular complexity index is 588. The van der Waals surface area contributed by atoms with E-state index in [0.29, 0.717) is 36.3 Å². The Hall–Kier alpha value is -2.57. The van der Waals surface area contributed by atoms with Crippen molar-refractivity contribution >= 4 is 11.8 Å². The molecular formula is C12H11N5O2. The standard InChI is InChI=1S/C12H11N5O2/c18-11-8-4-1-2-5-9(8)12(19)17(11)7-3-6-10-13-15-16-14-10/h1-2,4-5H,3,6-7H2,(H,13,14,15,16). The normalized spacial score (nSPS) is 14.0. The minimum atomic E-state index is -0.228. The van der Waals surface area contributed by atoms with Gasteiger partial charge in [0.15, 0.2) is 5.82 Å². The molecule has 0 fully saturated rings. The Morgan fingerprint density at radius 1 is 1.11 bits per heavy atom. The van der Waals surface area contributed by atoms with Crippen LogP contribution in [0.5, 0.6) is 0 Å². The first-order chi connectivity index (χ1) is 9.27. The molecular weight excluding hydrogens is 246 g/mol. The number of tetrazole rings is 1. The average molecular weight is 257 g/mol. The molecule has 1 aliphatic heterocycles. The first-order valence-corrected chi connectivity index (χ1v) is 5.95. The zero-order valence-electron chi connectivity index (χ0n) is 10.0. The zero-order chi connectivity index (χ0) is 13.2. The number of nitrogens with one attached hydrogen (secondary N) is 1. The number of carbonyl (C=O) groups is 2. The van der Waals surface area contributed by atoms with Crippen LogP contribution in [-0.2, 0) is 6.42 Å². The molecule has 0 atom stereocenters. The molecule has 1 aromatic heterocycles. The highest BCUT2D eigenvalue weighted by Crippen LogP contribution is 2.22. The topological polar surface area (TPSA) is 91.8 Å². The van der Waals surface area contributed by atoms with E-state index in [-0.39, 0.29) is 11.8 Å². The summed E-state index contributed by atoms with van der Waals surface area (Å²) in [7, 11) is 0. The van der Waals surface area contributed by atoms with Gasteiger partial charge >= 0.3 is 0 Å². The van der Waals surface area contributed by atoms with Gasteiger partial charge < -0.3 is 0 Å². The Morgan fingerprint density at radius 2 is 1.79 bits per heavy atom. The molecule has 0 radical (unpaired) electrons. The first-order valence-electron chi connectivity index (χ1n) is 5.95. The van der Waals surface area contributed by atoms with Crippen LogP contribution in [0.15, 0.2) is 24.3 Å². The summed E-state index contributed by atoms with van der Waals surface area (Å²) in [4.78, 5) is 25.4. The lowest BCUT2D eigenvalue weighted by atomic mass is 10.1. The number of hydrogen-bond acceptors (Lipinski definition) is 5. The van der Waals surface area contributed by atoms with Crippen molar-refractivity contribution in [3.8, 4) is 0 Å². The van der Waals surface area contributed by atoms with Crippen molar-refractivity contribution in [2.24, 2.45) is 0 Å². The molecule has 1 aromatic carbocycles. The summed E-state index contributed by atoms with van der Waals surface area (Å²) in [5.74, 6) is 0.124. The lowest BCUT2D eigenvalue weighted by Crippen LogP contribution is -2.31. The minimum Gasteiger partial charge on any atom is -0.274 e. The van der Waals surface area contributed by atoms with E-state index < -0.39 is 0 Å². The van der Waals surface area contributed by atoms with E-state index >= 15 is 0 Å². The van der Waals surface area contributed by atoms with E-state index in [2.05, 4.69) is 20.6 Å². The summed E-state index contributed by atoms with van der Waals surface area (Å²) in [6.45, 7) is 0.362. The van der Waals surface area contributed by atoms with Crippen LogP contribution in [0.3, 0.4) is 0 Å². The predicted molar refractivity (Wildman–Crippen MR) is 64.3 cm³/mol. The fraction of sp³-hybridized carbons (Fsp3) is 0.250. The van der Waals surface area contributed by atoms with E-state index in [0.717, 1.165) is 0 Å². The second-order valence-corrected chi connectivity index (χ2v) is 4.24. The summed E-state index contributed by atoms with van der Waals surface area (Å²) in [6, 6.07) is 6.86. The molecule has 0 saturated carbocycles. The van der Waals surface area contributed by atoms with Gasteiger partial charge in [0.2, 0.25) is 0 Å². The number of H-pyrrole nitrogens is 1. The summed E-state index contributed by atoms with van der Waals surface area (Å²) in [5.41, 5.74) is 0.958. The first kappa shape index (κ1) is 11.5. The Balaban J connectivity index is 1.67. The van der Waals surface area contributed by atoms with Gasteiger partial charge in [-0.3, -0.25) is 14.5 Å². The number of rotatable bonds is 4. The number of carbonyl (C=O) groups excluding carboxylic acids is 2. The van der Waals surface area contributed by atoms with Gasteiger partial charge in [-0.05, 0) is 18.6 Å². The van der Waals surface area contributed by atoms with Gasteiger partial charge in [0.1, 0.15) is 0 Å². The summed E-state index contributed by atoms with van der Waals surface area (Å²) in [6.07, 6.45) is 1.19. The van der Waals surface area contributed by atoms with Crippen LogP contribution in [0, 0.1) is 0 Å². The highest BCUT2D eigenvalue weighted by molar-refractivity contribution is 6.21. The molecule has 2 aromatic rings. The molecule has 7 heteroatoms. The van der Waals surface area contributed by atoms with Crippen molar-refractivity contribution in [2.45, 2.75) is 12.8 Å². The molecule has 0 saturated heterocycles. The average Bonchev–Trinajstić information content (AvgIpc) is 3.02. The molecule has 19 heavy (non-hydrogen) atoms. The fourth-order valence-electron chi connectivity index (χ4n) is 2.13. The summed E-state index contributed by atoms with van der Waals surface area (Å²) < 4.78 is 0. The summed E-state index contributed by atoms with van der Waals surface area (Å²) >= 11 is 0. The third-order valence-corrected chi connectivity index (χ3v) is 3.05. The van der Waals surface area contributed by atoms with Crippen LogP contribution >= 0.6 is 0 Å².